The summed E-state index contributed by atoms with van der Waals surface area (Å²) >= 11 is 0. The zero-order chi connectivity index (χ0) is 21.9. The van der Waals surface area contributed by atoms with Gasteiger partial charge < -0.3 is 25.2 Å². The Morgan fingerprint density at radius 2 is 2.00 bits per heavy atom. The van der Waals surface area contributed by atoms with Gasteiger partial charge in [-0.3, -0.25) is 9.89 Å². The molecule has 7 nitrogen and oxygen atoms in total. The van der Waals surface area contributed by atoms with Crippen LogP contribution in [0.1, 0.15) is 32.4 Å². The molecule has 1 saturated heterocycles. The van der Waals surface area contributed by atoms with Gasteiger partial charge in [-0.05, 0) is 30.5 Å². The van der Waals surface area contributed by atoms with E-state index in [1.165, 1.54) is 12.1 Å². The fourth-order valence-corrected chi connectivity index (χ4v) is 3.29. The molecule has 1 aliphatic heterocycles. The number of nitrogens with one attached hydrogen (secondary N) is 2. The third-order valence-electron chi connectivity index (χ3n) is 4.60. The lowest BCUT2D eigenvalue weighted by atomic mass is 10.1. The highest BCUT2D eigenvalue weighted by Gasteiger charge is 2.21. The number of rotatable bonds is 10. The molecule has 0 amide bonds. The Bertz CT molecular complexity index is 650. The lowest BCUT2D eigenvalue weighted by Gasteiger charge is -2.34. The van der Waals surface area contributed by atoms with Crippen LogP contribution in [0.2, 0.25) is 0 Å². The molecule has 31 heavy (non-hydrogen) atoms. The van der Waals surface area contributed by atoms with Gasteiger partial charge in [-0.25, -0.2) is 0 Å². The van der Waals surface area contributed by atoms with E-state index in [1.807, 2.05) is 6.92 Å². The van der Waals surface area contributed by atoms with Crippen molar-refractivity contribution in [2.45, 2.75) is 39.6 Å². The minimum absolute atomic E-state index is 0. The highest BCUT2D eigenvalue weighted by molar-refractivity contribution is 14.0. The Hall–Kier alpha value is -1.24. The molecule has 1 heterocycles. The number of nitrogens with zero attached hydrogens (tertiary/aromatic N) is 2. The van der Waals surface area contributed by atoms with E-state index in [-0.39, 0.29) is 42.4 Å². The summed E-state index contributed by atoms with van der Waals surface area (Å²) in [4.78, 5) is 6.85. The van der Waals surface area contributed by atoms with Crippen LogP contribution in [0.4, 0.5) is 8.78 Å². The number of aliphatic hydroxyl groups excluding tert-OH is 1. The Morgan fingerprint density at radius 3 is 2.61 bits per heavy atom. The summed E-state index contributed by atoms with van der Waals surface area (Å²) in [5.41, 5.74) is 0.580. The number of guanidine groups is 1. The zero-order valence-electron chi connectivity index (χ0n) is 18.4. The molecular formula is C21H35F2IN4O3. The van der Waals surface area contributed by atoms with Crippen LogP contribution in [-0.2, 0) is 4.74 Å². The molecular weight excluding hydrogens is 521 g/mol. The lowest BCUT2D eigenvalue weighted by molar-refractivity contribution is -0.0498. The SMILES string of the molecule is CCNC(=NCC(O)c1ccc(OC(F)F)cc1)NCC1CN(CC(C)C)CCO1.I. The van der Waals surface area contributed by atoms with E-state index < -0.39 is 12.7 Å². The van der Waals surface area contributed by atoms with Gasteiger partial charge >= 0.3 is 6.61 Å². The van der Waals surface area contributed by atoms with Crippen molar-refractivity contribution in [3.05, 3.63) is 29.8 Å². The maximum atomic E-state index is 12.2. The topological polar surface area (TPSA) is 78.4 Å². The van der Waals surface area contributed by atoms with Crippen LogP contribution in [0.3, 0.4) is 0 Å². The molecule has 0 aromatic heterocycles. The number of benzene rings is 1. The van der Waals surface area contributed by atoms with E-state index >= 15 is 0 Å². The number of morpholine rings is 1. The van der Waals surface area contributed by atoms with Gasteiger partial charge in [0.2, 0.25) is 0 Å². The van der Waals surface area contributed by atoms with Crippen molar-refractivity contribution in [3.63, 3.8) is 0 Å². The molecule has 0 spiro atoms. The second-order valence-corrected chi connectivity index (χ2v) is 7.71. The molecule has 0 radical (unpaired) electrons. The third-order valence-corrected chi connectivity index (χ3v) is 4.60. The molecule has 2 rings (SSSR count). The van der Waals surface area contributed by atoms with Crippen LogP contribution >= 0.6 is 24.0 Å². The number of alkyl halides is 2. The molecule has 2 unspecified atom stereocenters. The molecule has 10 heteroatoms. The molecule has 2 atom stereocenters. The summed E-state index contributed by atoms with van der Waals surface area (Å²) in [5.74, 6) is 1.27. The standard InChI is InChI=1S/C21H34F2N4O3.HI/c1-4-24-21(25-11-18-14-27(9-10-29-18)13-15(2)3)26-12-19(28)16-5-7-17(8-6-16)30-20(22)23;/h5-8,15,18-20,28H,4,9-14H2,1-3H3,(H2,24,25,26);1H. The maximum absolute atomic E-state index is 12.2. The molecule has 1 aliphatic rings. The van der Waals surface area contributed by atoms with Crippen LogP contribution in [0.25, 0.3) is 0 Å². The minimum atomic E-state index is -2.87. The van der Waals surface area contributed by atoms with Gasteiger partial charge in [0.05, 0.1) is 25.4 Å². The van der Waals surface area contributed by atoms with Gasteiger partial charge in [-0.1, -0.05) is 26.0 Å². The number of hydrogen-bond acceptors (Lipinski definition) is 5. The minimum Gasteiger partial charge on any atom is -0.435 e. The fraction of sp³-hybridized carbons (Fsp3) is 0.667. The van der Waals surface area contributed by atoms with Gasteiger partial charge in [0.15, 0.2) is 5.96 Å². The molecule has 0 aliphatic carbocycles. The molecule has 3 N–H and O–H groups in total. The summed E-state index contributed by atoms with van der Waals surface area (Å²) in [6, 6.07) is 5.91. The summed E-state index contributed by atoms with van der Waals surface area (Å²) in [6.45, 7) is 8.57. The molecule has 1 aromatic rings. The second-order valence-electron chi connectivity index (χ2n) is 7.71. The first-order chi connectivity index (χ1) is 14.4. The van der Waals surface area contributed by atoms with Gasteiger partial charge in [0.1, 0.15) is 5.75 Å². The lowest BCUT2D eigenvalue weighted by Crippen LogP contribution is -2.50. The first kappa shape index (κ1) is 27.8. The number of aliphatic imine (C=N–C) groups is 1. The third kappa shape index (κ3) is 10.8. The van der Waals surface area contributed by atoms with E-state index in [0.717, 1.165) is 26.2 Å². The number of halogens is 3. The van der Waals surface area contributed by atoms with Gasteiger partial charge in [0, 0.05) is 32.7 Å². The van der Waals surface area contributed by atoms with Crippen LogP contribution in [-0.4, -0.2) is 74.6 Å². The average molecular weight is 556 g/mol. The van der Waals surface area contributed by atoms with Crippen molar-refractivity contribution in [1.82, 2.24) is 15.5 Å². The monoisotopic (exact) mass is 556 g/mol. The van der Waals surface area contributed by atoms with Gasteiger partial charge in [-0.15, -0.1) is 24.0 Å². The number of ether oxygens (including phenoxy) is 2. The average Bonchev–Trinajstić information content (AvgIpc) is 2.70. The van der Waals surface area contributed by atoms with Crippen LogP contribution < -0.4 is 15.4 Å². The maximum Gasteiger partial charge on any atom is 0.387 e. The van der Waals surface area contributed by atoms with Crippen molar-refractivity contribution in [1.29, 1.82) is 0 Å². The molecule has 1 fully saturated rings. The Morgan fingerprint density at radius 1 is 1.29 bits per heavy atom. The first-order valence-electron chi connectivity index (χ1n) is 10.5. The molecule has 178 valence electrons. The predicted molar refractivity (Wildman–Crippen MR) is 128 cm³/mol. The highest BCUT2D eigenvalue weighted by atomic mass is 127. The molecule has 0 bridgehead atoms. The summed E-state index contributed by atoms with van der Waals surface area (Å²) < 4.78 is 34.6. The largest absolute Gasteiger partial charge is 0.435 e. The van der Waals surface area contributed by atoms with Crippen molar-refractivity contribution in [2.75, 3.05) is 45.9 Å². The Balaban J connectivity index is 0.00000480. The van der Waals surface area contributed by atoms with E-state index in [4.69, 9.17) is 4.74 Å². The van der Waals surface area contributed by atoms with E-state index in [0.29, 0.717) is 30.5 Å². The number of aliphatic hydroxyl groups is 1. The zero-order valence-corrected chi connectivity index (χ0v) is 20.7. The van der Waals surface area contributed by atoms with Gasteiger partial charge in [0.25, 0.3) is 0 Å². The normalized spacial score (nSPS) is 18.6. The van der Waals surface area contributed by atoms with E-state index in [9.17, 15) is 13.9 Å². The van der Waals surface area contributed by atoms with Crippen LogP contribution in [0.15, 0.2) is 29.3 Å². The molecule has 1 aromatic carbocycles. The Kier molecular flexibility index (Phi) is 13.2. The summed E-state index contributed by atoms with van der Waals surface area (Å²) in [7, 11) is 0. The van der Waals surface area contributed by atoms with Gasteiger partial charge in [-0.2, -0.15) is 8.78 Å². The van der Waals surface area contributed by atoms with E-state index in [2.05, 4.69) is 39.1 Å². The second kappa shape index (κ2) is 14.8. The smallest absolute Gasteiger partial charge is 0.387 e. The number of hydrogen-bond donors (Lipinski definition) is 3. The Labute approximate surface area is 200 Å². The predicted octanol–water partition coefficient (Wildman–Crippen LogP) is 2.85. The summed E-state index contributed by atoms with van der Waals surface area (Å²) in [5, 5.41) is 16.8. The van der Waals surface area contributed by atoms with Crippen molar-refractivity contribution in [3.8, 4) is 5.75 Å². The first-order valence-corrected chi connectivity index (χ1v) is 10.5. The highest BCUT2D eigenvalue weighted by Crippen LogP contribution is 2.19. The summed E-state index contributed by atoms with van der Waals surface area (Å²) in [6.07, 6.45) is -0.776. The quantitative estimate of drug-likeness (QED) is 0.234. The van der Waals surface area contributed by atoms with E-state index in [1.54, 1.807) is 12.1 Å². The fourth-order valence-electron chi connectivity index (χ4n) is 3.29. The van der Waals surface area contributed by atoms with Crippen molar-refractivity contribution < 1.29 is 23.4 Å². The van der Waals surface area contributed by atoms with Crippen LogP contribution in [0, 0.1) is 5.92 Å². The van der Waals surface area contributed by atoms with Crippen molar-refractivity contribution >= 4 is 29.9 Å². The van der Waals surface area contributed by atoms with Crippen molar-refractivity contribution in [2.24, 2.45) is 10.9 Å². The van der Waals surface area contributed by atoms with Crippen LogP contribution in [0.5, 0.6) is 5.75 Å². The molecule has 0 saturated carbocycles.